The smallest absolute Gasteiger partial charge is 0.475 e. The van der Waals surface area contributed by atoms with E-state index in [2.05, 4.69) is 21.0 Å². The molecule has 2 amide bonds. The lowest BCUT2D eigenvalue weighted by atomic mass is 10.0. The van der Waals surface area contributed by atoms with Gasteiger partial charge in [-0.15, -0.1) is 0 Å². The highest BCUT2D eigenvalue weighted by Gasteiger charge is 2.38. The molecule has 2 atom stereocenters. The van der Waals surface area contributed by atoms with Crippen LogP contribution in [-0.2, 0) is 28.0 Å². The molecule has 1 aliphatic heterocycles. The third-order valence-corrected chi connectivity index (χ3v) is 5.11. The fourth-order valence-corrected chi connectivity index (χ4v) is 3.52. The lowest BCUT2D eigenvalue weighted by Crippen LogP contribution is -2.55. The molecule has 0 unspecified atom stereocenters. The molecule has 0 saturated carbocycles. The highest BCUT2D eigenvalue weighted by Crippen LogP contribution is 2.13. The predicted molar refractivity (Wildman–Crippen MR) is 109 cm³/mol. The van der Waals surface area contributed by atoms with Crippen molar-refractivity contribution in [3.05, 3.63) is 18.0 Å². The van der Waals surface area contributed by atoms with Crippen molar-refractivity contribution < 1.29 is 32.7 Å². The van der Waals surface area contributed by atoms with E-state index in [-0.39, 0.29) is 17.9 Å². The van der Waals surface area contributed by atoms with Crippen molar-refractivity contribution in [3.63, 3.8) is 0 Å². The summed E-state index contributed by atoms with van der Waals surface area (Å²) in [6.45, 7) is 5.32. The summed E-state index contributed by atoms with van der Waals surface area (Å²) in [5, 5.41) is 20.2. The summed E-state index contributed by atoms with van der Waals surface area (Å²) in [5.41, 5.74) is 0.936. The Labute approximate surface area is 182 Å². The topological polar surface area (TPSA) is 125 Å². The van der Waals surface area contributed by atoms with E-state index in [1.807, 2.05) is 27.1 Å². The van der Waals surface area contributed by atoms with Gasteiger partial charge < -0.3 is 21.1 Å². The van der Waals surface area contributed by atoms with Crippen molar-refractivity contribution in [1.82, 2.24) is 25.7 Å². The molecule has 1 fully saturated rings. The number of hydrogen-bond acceptors (Lipinski definition) is 6. The summed E-state index contributed by atoms with van der Waals surface area (Å²) in [5.74, 6) is -0.920. The van der Waals surface area contributed by atoms with Crippen LogP contribution in [0.5, 0.6) is 0 Å². The van der Waals surface area contributed by atoms with Crippen molar-refractivity contribution in [1.29, 1.82) is 0 Å². The third kappa shape index (κ3) is 10.5. The van der Waals surface area contributed by atoms with Gasteiger partial charge in [-0.3, -0.25) is 14.3 Å². The zero-order chi connectivity index (χ0) is 23.6. The molecule has 2 heterocycles. The number of alkyl halides is 3. The maximum Gasteiger partial charge on any atom is 0.490 e. The summed E-state index contributed by atoms with van der Waals surface area (Å²) in [6, 6.07) is -0.729. The number of carbonyl (C=O) groups excluding carboxylic acids is 2. The average molecular weight is 468 g/mol. The number of carbonyl (C=O) groups is 3. The molecule has 0 spiro atoms. The van der Waals surface area contributed by atoms with E-state index >= 15 is 0 Å². The lowest BCUT2D eigenvalue weighted by molar-refractivity contribution is -0.192. The summed E-state index contributed by atoms with van der Waals surface area (Å²) < 4.78 is 33.4. The first-order chi connectivity index (χ1) is 14.4. The predicted octanol–water partition coefficient (Wildman–Crippen LogP) is 0.906. The second-order valence-electron chi connectivity index (χ2n) is 7.32. The first-order valence-electron chi connectivity index (χ1n) is 9.57. The molecule has 2 rings (SSSR count). The Kier molecular flexibility index (Phi) is 10.8. The molecule has 0 radical (unpaired) electrons. The van der Waals surface area contributed by atoms with Gasteiger partial charge in [0.05, 0.1) is 12.2 Å². The Balaban J connectivity index is 0.000000592. The Bertz CT molecular complexity index is 736. The van der Waals surface area contributed by atoms with Gasteiger partial charge in [0, 0.05) is 43.4 Å². The summed E-state index contributed by atoms with van der Waals surface area (Å²) in [4.78, 5) is 33.8. The van der Waals surface area contributed by atoms with E-state index in [1.165, 1.54) is 0 Å². The minimum Gasteiger partial charge on any atom is -0.475 e. The van der Waals surface area contributed by atoms with E-state index in [4.69, 9.17) is 9.90 Å². The van der Waals surface area contributed by atoms with Crippen LogP contribution in [0.2, 0.25) is 0 Å². The molecule has 0 bridgehead atoms. The van der Waals surface area contributed by atoms with Gasteiger partial charge in [-0.2, -0.15) is 30.0 Å². The number of carboxylic acids is 1. The van der Waals surface area contributed by atoms with Crippen LogP contribution in [0.15, 0.2) is 12.4 Å². The standard InChI is InChI=1S/C16H27N5O2S.C2HF3O2/c1-11(2)6-13(20-16(23)14-10-24-5-4-17-14)15(22)18-7-12-8-19-21(3)9-12;3-2(4,5)1(6)7/h8-9,11,13-14,17H,4-7,10H2,1-3H3,(H,18,22)(H,20,23);(H,6,7)/t13-,14-;/m0./s1. The van der Waals surface area contributed by atoms with Crippen molar-refractivity contribution in [2.45, 2.75) is 45.1 Å². The molecule has 4 N–H and O–H groups in total. The molecule has 31 heavy (non-hydrogen) atoms. The Hall–Kier alpha value is -2.28. The van der Waals surface area contributed by atoms with Crippen LogP contribution in [0.1, 0.15) is 25.8 Å². The van der Waals surface area contributed by atoms with Crippen molar-refractivity contribution in [3.8, 4) is 0 Å². The lowest BCUT2D eigenvalue weighted by Gasteiger charge is -2.26. The molecular weight excluding hydrogens is 439 g/mol. The van der Waals surface area contributed by atoms with Gasteiger partial charge in [0.2, 0.25) is 11.8 Å². The van der Waals surface area contributed by atoms with Crippen LogP contribution in [0.3, 0.4) is 0 Å². The molecule has 1 aromatic heterocycles. The average Bonchev–Trinajstić information content (AvgIpc) is 3.11. The molecule has 9 nitrogen and oxygen atoms in total. The monoisotopic (exact) mass is 467 g/mol. The normalized spacial score (nSPS) is 17.3. The highest BCUT2D eigenvalue weighted by atomic mass is 32.2. The van der Waals surface area contributed by atoms with Gasteiger partial charge in [0.15, 0.2) is 0 Å². The van der Waals surface area contributed by atoms with E-state index < -0.39 is 18.2 Å². The first-order valence-corrected chi connectivity index (χ1v) is 10.7. The van der Waals surface area contributed by atoms with E-state index in [1.54, 1.807) is 22.6 Å². The number of aromatic nitrogens is 2. The molecule has 13 heteroatoms. The van der Waals surface area contributed by atoms with Gasteiger partial charge in [0.25, 0.3) is 0 Å². The molecule has 1 aromatic rings. The number of thioether (sulfide) groups is 1. The Morgan fingerprint density at radius 3 is 2.48 bits per heavy atom. The highest BCUT2D eigenvalue weighted by molar-refractivity contribution is 7.99. The van der Waals surface area contributed by atoms with Crippen LogP contribution < -0.4 is 16.0 Å². The van der Waals surface area contributed by atoms with Crippen LogP contribution >= 0.6 is 11.8 Å². The number of rotatable bonds is 7. The second kappa shape index (κ2) is 12.5. The molecule has 0 aromatic carbocycles. The molecule has 1 saturated heterocycles. The SMILES string of the molecule is CC(C)C[C@H](NC(=O)[C@@H]1CSCCN1)C(=O)NCc1cnn(C)c1.O=C(O)C(F)(F)F. The number of halogens is 3. The van der Waals surface area contributed by atoms with Crippen LogP contribution in [0, 0.1) is 5.92 Å². The van der Waals surface area contributed by atoms with Crippen LogP contribution in [-0.4, -0.2) is 69.0 Å². The number of nitrogens with one attached hydrogen (secondary N) is 3. The van der Waals surface area contributed by atoms with Gasteiger partial charge in [-0.1, -0.05) is 13.8 Å². The van der Waals surface area contributed by atoms with Gasteiger partial charge in [-0.25, -0.2) is 4.79 Å². The first kappa shape index (κ1) is 26.8. The number of aliphatic carboxylic acids is 1. The maximum atomic E-state index is 12.5. The van der Waals surface area contributed by atoms with Gasteiger partial charge in [-0.05, 0) is 12.3 Å². The molecule has 0 aliphatic carbocycles. The Morgan fingerprint density at radius 1 is 1.39 bits per heavy atom. The fourth-order valence-electron chi connectivity index (χ4n) is 2.58. The summed E-state index contributed by atoms with van der Waals surface area (Å²) in [6.07, 6.45) is -0.885. The van der Waals surface area contributed by atoms with E-state index in [0.717, 1.165) is 23.6 Å². The Morgan fingerprint density at radius 2 is 2.03 bits per heavy atom. The number of nitrogens with zero attached hydrogens (tertiary/aromatic N) is 2. The minimum absolute atomic E-state index is 0.0932. The number of aryl methyl sites for hydroxylation is 1. The van der Waals surface area contributed by atoms with E-state index in [0.29, 0.717) is 18.9 Å². The summed E-state index contributed by atoms with van der Waals surface area (Å²) in [7, 11) is 1.84. The molecule has 176 valence electrons. The zero-order valence-electron chi connectivity index (χ0n) is 17.5. The van der Waals surface area contributed by atoms with E-state index in [9.17, 15) is 22.8 Å². The number of carboxylic acid groups (broad SMARTS) is 1. The minimum atomic E-state index is -5.08. The van der Waals surface area contributed by atoms with Gasteiger partial charge in [0.1, 0.15) is 6.04 Å². The molecule has 1 aliphatic rings. The second-order valence-corrected chi connectivity index (χ2v) is 8.47. The van der Waals surface area contributed by atoms with Gasteiger partial charge >= 0.3 is 12.1 Å². The third-order valence-electron chi connectivity index (χ3n) is 4.05. The zero-order valence-corrected chi connectivity index (χ0v) is 18.3. The largest absolute Gasteiger partial charge is 0.490 e. The van der Waals surface area contributed by atoms with Crippen LogP contribution in [0.4, 0.5) is 13.2 Å². The maximum absolute atomic E-state index is 12.5. The summed E-state index contributed by atoms with van der Waals surface area (Å²) >= 11 is 1.76. The van der Waals surface area contributed by atoms with Crippen molar-refractivity contribution in [2.24, 2.45) is 13.0 Å². The van der Waals surface area contributed by atoms with Crippen molar-refractivity contribution in [2.75, 3.05) is 18.1 Å². The fraction of sp³-hybridized carbons (Fsp3) is 0.667. The van der Waals surface area contributed by atoms with Crippen molar-refractivity contribution >= 4 is 29.5 Å². The number of amides is 2. The van der Waals surface area contributed by atoms with Crippen LogP contribution in [0.25, 0.3) is 0 Å². The molecular formula is C18H28F3N5O4S. The quantitative estimate of drug-likeness (QED) is 0.470. The number of hydrogen-bond donors (Lipinski definition) is 4.